The Morgan fingerprint density at radius 2 is 2.11 bits per heavy atom. The van der Waals surface area contributed by atoms with Crippen molar-refractivity contribution in [1.29, 1.82) is 0 Å². The Hall–Kier alpha value is -2.10. The monoisotopic (exact) mass is 256 g/mol. The molecule has 0 bridgehead atoms. The van der Waals surface area contributed by atoms with Crippen LogP contribution in [-0.2, 0) is 6.42 Å². The van der Waals surface area contributed by atoms with E-state index in [0.717, 1.165) is 24.1 Å². The molecule has 0 unspecified atom stereocenters. The largest absolute Gasteiger partial charge is 0.294 e. The lowest BCUT2D eigenvalue weighted by atomic mass is 9.96. The van der Waals surface area contributed by atoms with E-state index < -0.39 is 0 Å². The number of rotatable bonds is 1. The number of hydrogen-bond acceptors (Lipinski definition) is 3. The summed E-state index contributed by atoms with van der Waals surface area (Å²) in [5.74, 6) is 0.427. The van der Waals surface area contributed by atoms with Crippen LogP contribution in [-0.4, -0.2) is 15.8 Å². The molecule has 1 aliphatic rings. The molecule has 0 N–H and O–H groups in total. The molecular formula is C15H13FN2O. The average Bonchev–Trinajstić information content (AvgIpc) is 2.42. The van der Waals surface area contributed by atoms with Crippen molar-refractivity contribution in [2.45, 2.75) is 26.2 Å². The molecule has 1 heterocycles. The molecule has 3 rings (SSSR count). The molecule has 0 atom stereocenters. The first kappa shape index (κ1) is 12.0. The maximum atomic E-state index is 13.3. The zero-order valence-electron chi connectivity index (χ0n) is 10.6. The van der Waals surface area contributed by atoms with Crippen molar-refractivity contribution in [3.05, 3.63) is 47.0 Å². The van der Waals surface area contributed by atoms with Crippen molar-refractivity contribution in [2.24, 2.45) is 0 Å². The summed E-state index contributed by atoms with van der Waals surface area (Å²) in [6.07, 6.45) is 3.81. The Morgan fingerprint density at radius 3 is 2.89 bits per heavy atom. The lowest BCUT2D eigenvalue weighted by molar-refractivity contribution is 0.0971. The first-order chi connectivity index (χ1) is 9.15. The van der Waals surface area contributed by atoms with Crippen LogP contribution in [0.15, 0.2) is 24.4 Å². The molecule has 19 heavy (non-hydrogen) atoms. The number of Topliss-reactive ketones (excluding diaryl/α,β-unsaturated/α-hetero) is 1. The van der Waals surface area contributed by atoms with Gasteiger partial charge in [-0.2, -0.15) is 0 Å². The SMILES string of the molecule is Cc1cc(-c2ncc3c(n2)CCCC3=O)ccc1F. The molecule has 1 aromatic carbocycles. The van der Waals surface area contributed by atoms with E-state index in [2.05, 4.69) is 9.97 Å². The first-order valence-electron chi connectivity index (χ1n) is 6.31. The van der Waals surface area contributed by atoms with Gasteiger partial charge in [0, 0.05) is 18.2 Å². The van der Waals surface area contributed by atoms with Crippen LogP contribution in [0.2, 0.25) is 0 Å². The van der Waals surface area contributed by atoms with Gasteiger partial charge in [-0.1, -0.05) is 0 Å². The Labute approximate surface area is 110 Å². The van der Waals surface area contributed by atoms with Crippen molar-refractivity contribution in [2.75, 3.05) is 0 Å². The Balaban J connectivity index is 2.06. The maximum Gasteiger partial charge on any atom is 0.166 e. The lowest BCUT2D eigenvalue weighted by Crippen LogP contribution is -2.13. The van der Waals surface area contributed by atoms with E-state index in [1.807, 2.05) is 0 Å². The molecule has 2 aromatic rings. The van der Waals surface area contributed by atoms with E-state index in [4.69, 9.17) is 0 Å². The molecule has 0 aliphatic heterocycles. The molecule has 96 valence electrons. The first-order valence-corrected chi connectivity index (χ1v) is 6.31. The van der Waals surface area contributed by atoms with Gasteiger partial charge >= 0.3 is 0 Å². The zero-order valence-corrected chi connectivity index (χ0v) is 10.6. The minimum absolute atomic E-state index is 0.114. The summed E-state index contributed by atoms with van der Waals surface area (Å²) in [5, 5.41) is 0. The van der Waals surface area contributed by atoms with Gasteiger partial charge in [-0.25, -0.2) is 14.4 Å². The van der Waals surface area contributed by atoms with E-state index in [9.17, 15) is 9.18 Å². The molecule has 0 saturated carbocycles. The number of carbonyl (C=O) groups excluding carboxylic acids is 1. The Morgan fingerprint density at radius 1 is 1.26 bits per heavy atom. The van der Waals surface area contributed by atoms with Gasteiger partial charge in [-0.15, -0.1) is 0 Å². The van der Waals surface area contributed by atoms with E-state index in [0.29, 0.717) is 23.4 Å². The summed E-state index contributed by atoms with van der Waals surface area (Å²) in [6, 6.07) is 4.80. The number of hydrogen-bond donors (Lipinski definition) is 0. The molecule has 0 radical (unpaired) electrons. The van der Waals surface area contributed by atoms with Crippen LogP contribution in [0, 0.1) is 12.7 Å². The third-order valence-corrected chi connectivity index (χ3v) is 3.40. The van der Waals surface area contributed by atoms with Gasteiger partial charge in [-0.3, -0.25) is 4.79 Å². The predicted octanol–water partition coefficient (Wildman–Crippen LogP) is 3.11. The van der Waals surface area contributed by atoms with Crippen molar-refractivity contribution >= 4 is 5.78 Å². The van der Waals surface area contributed by atoms with Gasteiger partial charge in [0.25, 0.3) is 0 Å². The van der Waals surface area contributed by atoms with Crippen molar-refractivity contribution < 1.29 is 9.18 Å². The molecule has 1 aromatic heterocycles. The van der Waals surface area contributed by atoms with Gasteiger partial charge in [0.15, 0.2) is 11.6 Å². The molecular weight excluding hydrogens is 243 g/mol. The van der Waals surface area contributed by atoms with Crippen LogP contribution in [0.25, 0.3) is 11.4 Å². The quantitative estimate of drug-likeness (QED) is 0.787. The third kappa shape index (κ3) is 2.14. The van der Waals surface area contributed by atoms with Gasteiger partial charge in [0.05, 0.1) is 11.3 Å². The minimum Gasteiger partial charge on any atom is -0.294 e. The molecule has 3 nitrogen and oxygen atoms in total. The van der Waals surface area contributed by atoms with E-state index in [1.165, 1.54) is 6.07 Å². The number of halogens is 1. The standard InChI is InChI=1S/C15H13FN2O/c1-9-7-10(5-6-12(9)16)15-17-8-11-13(18-15)3-2-4-14(11)19/h5-8H,2-4H2,1H3. The van der Waals surface area contributed by atoms with Crippen LogP contribution >= 0.6 is 0 Å². The summed E-state index contributed by atoms with van der Waals surface area (Å²) in [6.45, 7) is 1.71. The van der Waals surface area contributed by atoms with E-state index in [1.54, 1.807) is 25.3 Å². The average molecular weight is 256 g/mol. The molecule has 0 amide bonds. The number of carbonyl (C=O) groups is 1. The summed E-state index contributed by atoms with van der Waals surface area (Å²) in [5.41, 5.74) is 2.78. The predicted molar refractivity (Wildman–Crippen MR) is 69.4 cm³/mol. The number of aromatic nitrogens is 2. The summed E-state index contributed by atoms with van der Waals surface area (Å²) >= 11 is 0. The van der Waals surface area contributed by atoms with Gasteiger partial charge in [0.1, 0.15) is 5.82 Å². The summed E-state index contributed by atoms with van der Waals surface area (Å²) in [7, 11) is 0. The van der Waals surface area contributed by atoms with Crippen LogP contribution < -0.4 is 0 Å². The smallest absolute Gasteiger partial charge is 0.166 e. The molecule has 0 saturated heterocycles. The number of aryl methyl sites for hydroxylation is 2. The van der Waals surface area contributed by atoms with Crippen LogP contribution in [0.4, 0.5) is 4.39 Å². The van der Waals surface area contributed by atoms with E-state index in [-0.39, 0.29) is 11.6 Å². The van der Waals surface area contributed by atoms with Gasteiger partial charge in [0.2, 0.25) is 0 Å². The minimum atomic E-state index is -0.239. The second-order valence-electron chi connectivity index (χ2n) is 4.79. The molecule has 4 heteroatoms. The molecule has 0 spiro atoms. The van der Waals surface area contributed by atoms with E-state index >= 15 is 0 Å². The van der Waals surface area contributed by atoms with Gasteiger partial charge in [-0.05, 0) is 43.5 Å². The summed E-state index contributed by atoms with van der Waals surface area (Å²) < 4.78 is 13.3. The topological polar surface area (TPSA) is 42.9 Å². The second kappa shape index (κ2) is 4.53. The Kier molecular flexibility index (Phi) is 2.85. The third-order valence-electron chi connectivity index (χ3n) is 3.40. The molecule has 0 fully saturated rings. The van der Waals surface area contributed by atoms with Crippen LogP contribution in [0.3, 0.4) is 0 Å². The number of fused-ring (bicyclic) bond motifs is 1. The number of ketones is 1. The fraction of sp³-hybridized carbons (Fsp3) is 0.267. The molecule has 1 aliphatic carbocycles. The number of benzene rings is 1. The van der Waals surface area contributed by atoms with Crippen LogP contribution in [0.1, 0.15) is 34.5 Å². The van der Waals surface area contributed by atoms with Crippen molar-refractivity contribution in [3.63, 3.8) is 0 Å². The van der Waals surface area contributed by atoms with Crippen molar-refractivity contribution in [1.82, 2.24) is 9.97 Å². The second-order valence-corrected chi connectivity index (χ2v) is 4.79. The highest BCUT2D eigenvalue weighted by Gasteiger charge is 2.19. The lowest BCUT2D eigenvalue weighted by Gasteiger charge is -2.14. The van der Waals surface area contributed by atoms with Crippen LogP contribution in [0.5, 0.6) is 0 Å². The fourth-order valence-electron chi connectivity index (χ4n) is 2.31. The summed E-state index contributed by atoms with van der Waals surface area (Å²) in [4.78, 5) is 20.4. The van der Waals surface area contributed by atoms with Crippen molar-refractivity contribution in [3.8, 4) is 11.4 Å². The zero-order chi connectivity index (χ0) is 13.4. The normalized spacial score (nSPS) is 14.3. The fourth-order valence-corrected chi connectivity index (χ4v) is 2.31. The number of nitrogens with zero attached hydrogens (tertiary/aromatic N) is 2. The van der Waals surface area contributed by atoms with Gasteiger partial charge < -0.3 is 0 Å². The highest BCUT2D eigenvalue weighted by molar-refractivity contribution is 5.97. The Bertz CT molecular complexity index is 667. The highest BCUT2D eigenvalue weighted by Crippen LogP contribution is 2.23. The maximum absolute atomic E-state index is 13.3. The highest BCUT2D eigenvalue weighted by atomic mass is 19.1.